The molecular weight excluding hydrogens is 274 g/mol. The fourth-order valence-corrected chi connectivity index (χ4v) is 1.70. The molecule has 0 radical (unpaired) electrons. The Hall–Kier alpha value is -1.63. The summed E-state index contributed by atoms with van der Waals surface area (Å²) in [5.41, 5.74) is 1.43. The second-order valence-electron chi connectivity index (χ2n) is 3.23. The number of aromatic nitrogens is 4. The minimum atomic E-state index is -0.172. The summed E-state index contributed by atoms with van der Waals surface area (Å²) in [6, 6.07) is 0. The van der Waals surface area contributed by atoms with Gasteiger partial charge in [-0.3, -0.25) is 4.79 Å². The van der Waals surface area contributed by atoms with Gasteiger partial charge in [-0.2, -0.15) is 5.10 Å². The van der Waals surface area contributed by atoms with Crippen LogP contribution in [0.25, 0.3) is 0 Å². The van der Waals surface area contributed by atoms with Crippen LogP contribution in [-0.4, -0.2) is 19.7 Å². The molecule has 0 atom stereocenters. The van der Waals surface area contributed by atoms with Crippen molar-refractivity contribution in [3.63, 3.8) is 0 Å². The highest BCUT2D eigenvalue weighted by molar-refractivity contribution is 9.10. The lowest BCUT2D eigenvalue weighted by Gasteiger charge is -2.07. The molecule has 0 amide bonds. The molecule has 6 nitrogen and oxygen atoms in total. The maximum Gasteiger partial charge on any atom is 0.282 e. The van der Waals surface area contributed by atoms with Crippen molar-refractivity contribution in [1.29, 1.82) is 0 Å². The Morgan fingerprint density at radius 3 is 3.06 bits per heavy atom. The molecule has 16 heavy (non-hydrogen) atoms. The zero-order valence-electron chi connectivity index (χ0n) is 8.57. The second-order valence-corrected chi connectivity index (χ2v) is 4.02. The van der Waals surface area contributed by atoms with Gasteiger partial charge in [-0.05, 0) is 15.9 Å². The molecule has 2 aromatic heterocycles. The van der Waals surface area contributed by atoms with Crippen molar-refractivity contribution < 1.29 is 0 Å². The zero-order chi connectivity index (χ0) is 11.5. The van der Waals surface area contributed by atoms with Crippen LogP contribution in [0.1, 0.15) is 5.69 Å². The van der Waals surface area contributed by atoms with Gasteiger partial charge in [0.15, 0.2) is 0 Å². The Morgan fingerprint density at radius 1 is 1.56 bits per heavy atom. The van der Waals surface area contributed by atoms with Crippen LogP contribution in [0.3, 0.4) is 0 Å². The number of anilines is 1. The minimum Gasteiger partial charge on any atom is -0.377 e. The van der Waals surface area contributed by atoms with Crippen LogP contribution in [0.2, 0.25) is 0 Å². The van der Waals surface area contributed by atoms with Crippen LogP contribution >= 0.6 is 15.9 Å². The Morgan fingerprint density at radius 2 is 2.38 bits per heavy atom. The third-order valence-corrected chi connectivity index (χ3v) is 2.87. The van der Waals surface area contributed by atoms with Gasteiger partial charge in [0.05, 0.1) is 30.5 Å². The lowest BCUT2D eigenvalue weighted by atomic mass is 10.4. The largest absolute Gasteiger partial charge is 0.377 e. The first-order valence-corrected chi connectivity index (χ1v) is 5.40. The highest BCUT2D eigenvalue weighted by atomic mass is 79.9. The van der Waals surface area contributed by atoms with Crippen LogP contribution in [0.15, 0.2) is 28.0 Å². The van der Waals surface area contributed by atoms with E-state index in [1.54, 1.807) is 25.8 Å². The van der Waals surface area contributed by atoms with E-state index in [4.69, 9.17) is 0 Å². The average Bonchev–Trinajstić information content (AvgIpc) is 2.78. The summed E-state index contributed by atoms with van der Waals surface area (Å²) in [5.74, 6) is 0. The summed E-state index contributed by atoms with van der Waals surface area (Å²) >= 11 is 3.23. The number of aryl methyl sites for hydroxylation is 1. The average molecular weight is 284 g/mol. The van der Waals surface area contributed by atoms with Crippen LogP contribution in [0.5, 0.6) is 0 Å². The number of aromatic amines is 1. The quantitative estimate of drug-likeness (QED) is 0.877. The molecule has 2 N–H and O–H groups in total. The summed E-state index contributed by atoms with van der Waals surface area (Å²) in [6.07, 6.45) is 4.92. The Labute approximate surface area is 99.8 Å². The van der Waals surface area contributed by atoms with Gasteiger partial charge in [0.25, 0.3) is 5.56 Å². The summed E-state index contributed by atoms with van der Waals surface area (Å²) in [4.78, 5) is 18.4. The van der Waals surface area contributed by atoms with Crippen molar-refractivity contribution in [3.8, 4) is 0 Å². The second kappa shape index (κ2) is 4.48. The Kier molecular flexibility index (Phi) is 3.04. The van der Waals surface area contributed by atoms with Gasteiger partial charge in [-0.25, -0.2) is 9.67 Å². The number of rotatable bonds is 3. The smallest absolute Gasteiger partial charge is 0.282 e. The normalized spacial score (nSPS) is 10.4. The number of imidazole rings is 1. The van der Waals surface area contributed by atoms with E-state index in [9.17, 15) is 4.79 Å². The van der Waals surface area contributed by atoms with E-state index in [1.807, 2.05) is 0 Å². The number of nitrogens with zero attached hydrogens (tertiary/aromatic N) is 3. The van der Waals surface area contributed by atoms with Crippen molar-refractivity contribution in [2.24, 2.45) is 7.05 Å². The monoisotopic (exact) mass is 283 g/mol. The predicted molar refractivity (Wildman–Crippen MR) is 63.1 cm³/mol. The van der Waals surface area contributed by atoms with Crippen LogP contribution < -0.4 is 10.9 Å². The van der Waals surface area contributed by atoms with Gasteiger partial charge in [0.2, 0.25) is 0 Å². The van der Waals surface area contributed by atoms with Gasteiger partial charge in [0.1, 0.15) is 4.47 Å². The number of nitrogens with one attached hydrogen (secondary N) is 2. The van der Waals surface area contributed by atoms with Gasteiger partial charge in [-0.15, -0.1) is 0 Å². The van der Waals surface area contributed by atoms with E-state index >= 15 is 0 Å². The first-order chi connectivity index (χ1) is 7.68. The molecule has 0 aliphatic rings. The van der Waals surface area contributed by atoms with Crippen molar-refractivity contribution >= 4 is 21.6 Å². The van der Waals surface area contributed by atoms with Gasteiger partial charge >= 0.3 is 0 Å². The van der Waals surface area contributed by atoms with Crippen molar-refractivity contribution in [3.05, 3.63) is 39.2 Å². The lowest BCUT2D eigenvalue weighted by Crippen LogP contribution is -2.21. The van der Waals surface area contributed by atoms with E-state index in [0.717, 1.165) is 5.69 Å². The summed E-state index contributed by atoms with van der Waals surface area (Å²) in [5, 5.41) is 7.01. The number of hydrogen-bond donors (Lipinski definition) is 2. The van der Waals surface area contributed by atoms with Gasteiger partial charge in [-0.1, -0.05) is 0 Å². The molecular formula is C9H10BrN5O. The fourth-order valence-electron chi connectivity index (χ4n) is 1.21. The SMILES string of the molecule is Cn1ncc(NCc2cnc[nH]2)c(Br)c1=O. The van der Waals surface area contributed by atoms with E-state index in [0.29, 0.717) is 16.7 Å². The van der Waals surface area contributed by atoms with Gasteiger partial charge in [0, 0.05) is 13.2 Å². The highest BCUT2D eigenvalue weighted by Crippen LogP contribution is 2.16. The standard InChI is InChI=1S/C9H10BrN5O/c1-15-9(16)8(10)7(4-14-15)12-3-6-2-11-5-13-6/h2,4-5,12H,3H2,1H3,(H,11,13). The molecule has 0 fully saturated rings. The summed E-state index contributed by atoms with van der Waals surface area (Å²) in [6.45, 7) is 0.563. The molecule has 0 aliphatic heterocycles. The van der Waals surface area contributed by atoms with E-state index in [-0.39, 0.29) is 5.56 Å². The van der Waals surface area contributed by atoms with E-state index in [2.05, 4.69) is 36.3 Å². The van der Waals surface area contributed by atoms with Crippen LogP contribution in [-0.2, 0) is 13.6 Å². The lowest BCUT2D eigenvalue weighted by molar-refractivity contribution is 0.703. The summed E-state index contributed by atoms with van der Waals surface area (Å²) in [7, 11) is 1.60. The van der Waals surface area contributed by atoms with Gasteiger partial charge < -0.3 is 10.3 Å². The highest BCUT2D eigenvalue weighted by Gasteiger charge is 2.06. The molecule has 7 heteroatoms. The molecule has 0 unspecified atom stereocenters. The molecule has 2 heterocycles. The molecule has 2 rings (SSSR count). The molecule has 2 aromatic rings. The minimum absolute atomic E-state index is 0.172. The molecule has 0 aliphatic carbocycles. The Balaban J connectivity index is 2.16. The van der Waals surface area contributed by atoms with Crippen LogP contribution in [0, 0.1) is 0 Å². The number of H-pyrrole nitrogens is 1. The Bertz CT molecular complexity index is 533. The van der Waals surface area contributed by atoms with E-state index in [1.165, 1.54) is 4.68 Å². The van der Waals surface area contributed by atoms with Crippen LogP contribution in [0.4, 0.5) is 5.69 Å². The molecule has 0 saturated heterocycles. The first-order valence-electron chi connectivity index (χ1n) is 4.61. The maximum atomic E-state index is 11.5. The number of hydrogen-bond acceptors (Lipinski definition) is 4. The zero-order valence-corrected chi connectivity index (χ0v) is 10.2. The molecule has 84 valence electrons. The van der Waals surface area contributed by atoms with Crippen molar-refractivity contribution in [2.75, 3.05) is 5.32 Å². The third-order valence-electron chi connectivity index (χ3n) is 2.10. The first kappa shape index (κ1) is 10.9. The maximum absolute atomic E-state index is 11.5. The van der Waals surface area contributed by atoms with Crippen molar-refractivity contribution in [2.45, 2.75) is 6.54 Å². The topological polar surface area (TPSA) is 75.6 Å². The molecule has 0 spiro atoms. The molecule has 0 bridgehead atoms. The van der Waals surface area contributed by atoms with E-state index < -0.39 is 0 Å². The van der Waals surface area contributed by atoms with Crippen molar-refractivity contribution in [1.82, 2.24) is 19.7 Å². The summed E-state index contributed by atoms with van der Waals surface area (Å²) < 4.78 is 1.75. The predicted octanol–water partition coefficient (Wildman–Crippen LogP) is 0.878. The molecule has 0 saturated carbocycles. The third kappa shape index (κ3) is 2.13. The molecule has 0 aromatic carbocycles. The number of halogens is 1. The fraction of sp³-hybridized carbons (Fsp3) is 0.222.